The van der Waals surface area contributed by atoms with Gasteiger partial charge in [-0.05, 0) is 38.8 Å². The van der Waals surface area contributed by atoms with E-state index in [1.165, 1.54) is 64.6 Å². The van der Waals surface area contributed by atoms with E-state index in [4.69, 9.17) is 4.74 Å². The molecule has 1 aliphatic carbocycles. The molecule has 0 radical (unpaired) electrons. The Kier molecular flexibility index (Phi) is 5.46. The van der Waals surface area contributed by atoms with Crippen molar-refractivity contribution in [2.24, 2.45) is 0 Å². The van der Waals surface area contributed by atoms with Gasteiger partial charge in [0.15, 0.2) is 0 Å². The number of nitrogens with zero attached hydrogens (tertiary/aromatic N) is 1. The maximum Gasteiger partial charge on any atom is 0.0618 e. The maximum atomic E-state index is 5.44. The van der Waals surface area contributed by atoms with Crippen LogP contribution in [0.2, 0.25) is 0 Å². The van der Waals surface area contributed by atoms with Gasteiger partial charge in [0.1, 0.15) is 0 Å². The minimum atomic E-state index is 0.427. The third-order valence-corrected chi connectivity index (χ3v) is 4.69. The smallest absolute Gasteiger partial charge is 0.0618 e. The summed E-state index contributed by atoms with van der Waals surface area (Å²) in [6.45, 7) is 6.85. The molecular formula is C15H30N2O. The van der Waals surface area contributed by atoms with Crippen molar-refractivity contribution in [1.82, 2.24) is 10.2 Å². The molecular weight excluding hydrogens is 224 g/mol. The molecule has 0 aromatic heterocycles. The number of hydrogen-bond acceptors (Lipinski definition) is 3. The van der Waals surface area contributed by atoms with Gasteiger partial charge in [-0.25, -0.2) is 0 Å². The van der Waals surface area contributed by atoms with Gasteiger partial charge in [-0.15, -0.1) is 0 Å². The van der Waals surface area contributed by atoms with E-state index in [1.54, 1.807) is 0 Å². The lowest BCUT2D eigenvalue weighted by Crippen LogP contribution is -2.52. The molecule has 1 N–H and O–H groups in total. The van der Waals surface area contributed by atoms with Gasteiger partial charge in [0.2, 0.25) is 0 Å². The van der Waals surface area contributed by atoms with E-state index in [0.29, 0.717) is 11.6 Å². The number of methoxy groups -OCH3 is 1. The molecule has 0 aromatic rings. The van der Waals surface area contributed by atoms with Crippen LogP contribution in [0.1, 0.15) is 51.9 Å². The maximum absolute atomic E-state index is 5.44. The van der Waals surface area contributed by atoms with Crippen LogP contribution in [-0.4, -0.2) is 49.8 Å². The highest BCUT2D eigenvalue weighted by atomic mass is 16.5. The summed E-state index contributed by atoms with van der Waals surface area (Å²) >= 11 is 0. The number of nitrogens with one attached hydrogen (secondary N) is 1. The van der Waals surface area contributed by atoms with E-state index in [-0.39, 0.29) is 0 Å². The molecule has 1 aliphatic heterocycles. The molecule has 0 amide bonds. The molecule has 2 fully saturated rings. The van der Waals surface area contributed by atoms with E-state index in [2.05, 4.69) is 17.1 Å². The van der Waals surface area contributed by atoms with Crippen molar-refractivity contribution in [2.75, 3.05) is 33.4 Å². The second-order valence-electron chi connectivity index (χ2n) is 6.14. The molecule has 2 rings (SSSR count). The van der Waals surface area contributed by atoms with Gasteiger partial charge < -0.3 is 10.1 Å². The van der Waals surface area contributed by atoms with Crippen molar-refractivity contribution in [3.63, 3.8) is 0 Å². The molecule has 1 heterocycles. The van der Waals surface area contributed by atoms with Crippen LogP contribution < -0.4 is 5.32 Å². The fraction of sp³-hybridized carbons (Fsp3) is 1.00. The lowest BCUT2D eigenvalue weighted by Gasteiger charge is -2.37. The predicted octanol–water partition coefficient (Wildman–Crippen LogP) is 2.41. The summed E-state index contributed by atoms with van der Waals surface area (Å²) in [6, 6.07) is 0.623. The van der Waals surface area contributed by atoms with Crippen LogP contribution in [0.3, 0.4) is 0 Å². The van der Waals surface area contributed by atoms with Gasteiger partial charge in [-0.2, -0.15) is 0 Å². The molecule has 1 atom stereocenters. The van der Waals surface area contributed by atoms with E-state index in [1.807, 2.05) is 7.11 Å². The zero-order chi connectivity index (χ0) is 12.8. The average Bonchev–Trinajstić information content (AvgIpc) is 2.70. The fourth-order valence-electron chi connectivity index (χ4n) is 3.75. The van der Waals surface area contributed by atoms with Crippen molar-refractivity contribution in [3.05, 3.63) is 0 Å². The molecule has 1 spiro atoms. The molecule has 2 aliphatic rings. The first-order chi connectivity index (χ1) is 8.79. The molecule has 0 aromatic carbocycles. The molecule has 3 nitrogen and oxygen atoms in total. The van der Waals surface area contributed by atoms with E-state index in [9.17, 15) is 0 Å². The highest BCUT2D eigenvalue weighted by Gasteiger charge is 2.37. The van der Waals surface area contributed by atoms with Crippen LogP contribution in [0.4, 0.5) is 0 Å². The molecule has 1 unspecified atom stereocenters. The Bertz CT molecular complexity index is 233. The fourth-order valence-corrected chi connectivity index (χ4v) is 3.75. The largest absolute Gasteiger partial charge is 0.383 e. The summed E-state index contributed by atoms with van der Waals surface area (Å²) in [5, 5.41) is 3.84. The van der Waals surface area contributed by atoms with Crippen LogP contribution in [-0.2, 0) is 4.74 Å². The first-order valence-corrected chi connectivity index (χ1v) is 7.78. The quantitative estimate of drug-likeness (QED) is 0.815. The molecule has 106 valence electrons. The highest BCUT2D eigenvalue weighted by molar-refractivity contribution is 4.98. The standard InChI is InChI=1S/C15H30N2O/c1-3-7-14(12-18-2)17-11-6-10-16-15(13-17)8-4-5-9-15/h14,16H,3-13H2,1-2H3. The summed E-state index contributed by atoms with van der Waals surface area (Å²) in [5.41, 5.74) is 0.427. The predicted molar refractivity (Wildman–Crippen MR) is 76.0 cm³/mol. The van der Waals surface area contributed by atoms with Crippen molar-refractivity contribution in [3.8, 4) is 0 Å². The molecule has 18 heavy (non-hydrogen) atoms. The normalized spacial score (nSPS) is 26.3. The van der Waals surface area contributed by atoms with Crippen LogP contribution in [0, 0.1) is 0 Å². The molecule has 1 saturated carbocycles. The van der Waals surface area contributed by atoms with Crippen molar-refractivity contribution in [1.29, 1.82) is 0 Å². The van der Waals surface area contributed by atoms with Gasteiger partial charge in [-0.1, -0.05) is 26.2 Å². The van der Waals surface area contributed by atoms with Crippen LogP contribution in [0.5, 0.6) is 0 Å². The molecule has 0 bridgehead atoms. The Morgan fingerprint density at radius 2 is 2.06 bits per heavy atom. The van der Waals surface area contributed by atoms with Gasteiger partial charge in [0.05, 0.1) is 6.61 Å². The van der Waals surface area contributed by atoms with Crippen molar-refractivity contribution < 1.29 is 4.74 Å². The minimum Gasteiger partial charge on any atom is -0.383 e. The van der Waals surface area contributed by atoms with E-state index < -0.39 is 0 Å². The monoisotopic (exact) mass is 254 g/mol. The first-order valence-electron chi connectivity index (χ1n) is 7.78. The van der Waals surface area contributed by atoms with Gasteiger partial charge in [0.25, 0.3) is 0 Å². The summed E-state index contributed by atoms with van der Waals surface area (Å²) in [7, 11) is 1.84. The van der Waals surface area contributed by atoms with Crippen molar-refractivity contribution >= 4 is 0 Å². The van der Waals surface area contributed by atoms with E-state index >= 15 is 0 Å². The summed E-state index contributed by atoms with van der Waals surface area (Å²) in [4.78, 5) is 2.71. The zero-order valence-electron chi connectivity index (χ0n) is 12.2. The second-order valence-corrected chi connectivity index (χ2v) is 6.14. The number of ether oxygens (including phenoxy) is 1. The third-order valence-electron chi connectivity index (χ3n) is 4.69. The lowest BCUT2D eigenvalue weighted by molar-refractivity contribution is 0.0715. The number of rotatable bonds is 5. The second kappa shape index (κ2) is 6.88. The van der Waals surface area contributed by atoms with Gasteiger partial charge >= 0.3 is 0 Å². The van der Waals surface area contributed by atoms with Gasteiger partial charge in [0, 0.05) is 25.2 Å². The zero-order valence-corrected chi connectivity index (χ0v) is 12.2. The Labute approximate surface area is 112 Å². The highest BCUT2D eigenvalue weighted by Crippen LogP contribution is 2.32. The third kappa shape index (κ3) is 3.46. The number of hydrogen-bond donors (Lipinski definition) is 1. The summed E-state index contributed by atoms with van der Waals surface area (Å²) in [5.74, 6) is 0. The lowest BCUT2D eigenvalue weighted by atomic mass is 9.96. The van der Waals surface area contributed by atoms with Gasteiger partial charge in [-0.3, -0.25) is 4.90 Å². The molecule has 3 heteroatoms. The SMILES string of the molecule is CCCC(COC)N1CCCNC2(CCCC2)C1. The van der Waals surface area contributed by atoms with Crippen molar-refractivity contribution in [2.45, 2.75) is 63.5 Å². The molecule has 1 saturated heterocycles. The Hall–Kier alpha value is -0.120. The minimum absolute atomic E-state index is 0.427. The van der Waals surface area contributed by atoms with E-state index in [0.717, 1.165) is 6.61 Å². The Morgan fingerprint density at radius 3 is 2.72 bits per heavy atom. The van der Waals surface area contributed by atoms with Crippen LogP contribution >= 0.6 is 0 Å². The average molecular weight is 254 g/mol. The Morgan fingerprint density at radius 1 is 1.28 bits per heavy atom. The summed E-state index contributed by atoms with van der Waals surface area (Å²) in [6.07, 6.45) is 9.36. The van der Waals surface area contributed by atoms with Crippen LogP contribution in [0.15, 0.2) is 0 Å². The Balaban J connectivity index is 2.00. The van der Waals surface area contributed by atoms with Crippen LogP contribution in [0.25, 0.3) is 0 Å². The first kappa shape index (κ1) is 14.3. The topological polar surface area (TPSA) is 24.5 Å². The summed E-state index contributed by atoms with van der Waals surface area (Å²) < 4.78 is 5.44.